The molecule has 4 heterocycles. The minimum atomic E-state index is -4.26. The molecular weight excluding hydrogens is 557 g/mol. The maximum atomic E-state index is 14.0. The van der Waals surface area contributed by atoms with Crippen molar-refractivity contribution in [2.45, 2.75) is 49.7 Å². The fraction of sp³-hybridized carbons (Fsp3) is 0.478. The van der Waals surface area contributed by atoms with Crippen LogP contribution >= 0.6 is 22.7 Å². The Morgan fingerprint density at radius 1 is 1.22 bits per heavy atom. The Bertz CT molecular complexity index is 1530. The molecule has 0 saturated heterocycles. The first-order valence-electron chi connectivity index (χ1n) is 12.0. The van der Waals surface area contributed by atoms with Crippen LogP contribution in [-0.4, -0.2) is 50.9 Å². The minimum absolute atomic E-state index is 0.0774. The molecule has 2 aromatic rings. The highest BCUT2D eigenvalue weighted by molar-refractivity contribution is 7.91. The average molecular weight is 583 g/mol. The van der Waals surface area contributed by atoms with Gasteiger partial charge in [0.05, 0.1) is 6.26 Å². The van der Waals surface area contributed by atoms with Crippen LogP contribution in [0, 0.1) is 17.8 Å². The molecule has 3 fully saturated rings. The SMILES string of the molecule is CS(=O)(=O)NCc1csc2c1S(=O)(=O)N=C(C1=C(O)[C@@H]3C4CCC(CC4)[C@@H]3N(Cc3ccsc3)C1=O)N2. The van der Waals surface area contributed by atoms with E-state index in [1.165, 1.54) is 0 Å². The lowest BCUT2D eigenvalue weighted by Gasteiger charge is -2.54. The lowest BCUT2D eigenvalue weighted by atomic mass is 9.59. The topological polar surface area (TPSA) is 145 Å². The first-order chi connectivity index (χ1) is 17.5. The van der Waals surface area contributed by atoms with Crippen LogP contribution in [0.2, 0.25) is 0 Å². The molecule has 37 heavy (non-hydrogen) atoms. The van der Waals surface area contributed by atoms with Gasteiger partial charge in [-0.2, -0.15) is 19.8 Å². The molecule has 3 N–H and O–H groups in total. The number of thiophene rings is 2. The van der Waals surface area contributed by atoms with Crippen molar-refractivity contribution in [2.24, 2.45) is 22.2 Å². The van der Waals surface area contributed by atoms with Crippen molar-refractivity contribution in [3.8, 4) is 0 Å². The van der Waals surface area contributed by atoms with Gasteiger partial charge in [0, 0.05) is 30.6 Å². The van der Waals surface area contributed by atoms with Gasteiger partial charge in [-0.15, -0.1) is 15.7 Å². The number of amides is 1. The number of hydrogen-bond acceptors (Lipinski definition) is 9. The largest absolute Gasteiger partial charge is 0.511 e. The van der Waals surface area contributed by atoms with E-state index in [1.54, 1.807) is 21.6 Å². The molecule has 198 valence electrons. The molecule has 2 aromatic heterocycles. The second kappa shape index (κ2) is 8.90. The van der Waals surface area contributed by atoms with Crippen molar-refractivity contribution in [3.63, 3.8) is 0 Å². The van der Waals surface area contributed by atoms with Gasteiger partial charge in [0.1, 0.15) is 21.2 Å². The van der Waals surface area contributed by atoms with Gasteiger partial charge in [0.2, 0.25) is 10.0 Å². The molecule has 2 aliphatic heterocycles. The molecule has 0 spiro atoms. The number of hydrogen-bond donors (Lipinski definition) is 3. The number of anilines is 1. The summed E-state index contributed by atoms with van der Waals surface area (Å²) in [6.07, 6.45) is 4.95. The van der Waals surface area contributed by atoms with E-state index in [4.69, 9.17) is 0 Å². The summed E-state index contributed by atoms with van der Waals surface area (Å²) < 4.78 is 55.8. The van der Waals surface area contributed by atoms with Crippen LogP contribution in [0.3, 0.4) is 0 Å². The second-order valence-electron chi connectivity index (χ2n) is 10.1. The van der Waals surface area contributed by atoms with Gasteiger partial charge < -0.3 is 15.3 Å². The third-order valence-electron chi connectivity index (χ3n) is 7.79. The molecule has 2 atom stereocenters. The molecule has 10 nitrogen and oxygen atoms in total. The van der Waals surface area contributed by atoms with Crippen molar-refractivity contribution < 1.29 is 26.7 Å². The zero-order chi connectivity index (χ0) is 26.1. The summed E-state index contributed by atoms with van der Waals surface area (Å²) in [5.74, 6) is -0.445. The summed E-state index contributed by atoms with van der Waals surface area (Å²) in [6.45, 7) is 0.180. The van der Waals surface area contributed by atoms with E-state index < -0.39 is 26.0 Å². The van der Waals surface area contributed by atoms with E-state index in [0.29, 0.717) is 12.5 Å². The smallest absolute Gasteiger partial charge is 0.287 e. The van der Waals surface area contributed by atoms with Gasteiger partial charge >= 0.3 is 0 Å². The van der Waals surface area contributed by atoms with Crippen molar-refractivity contribution in [2.75, 3.05) is 11.6 Å². The molecule has 3 saturated carbocycles. The molecule has 5 aliphatic rings. The van der Waals surface area contributed by atoms with Crippen molar-refractivity contribution >= 4 is 59.5 Å². The van der Waals surface area contributed by atoms with Crippen molar-refractivity contribution in [1.29, 1.82) is 0 Å². The molecule has 0 aromatic carbocycles. The first kappa shape index (κ1) is 25.0. The van der Waals surface area contributed by atoms with E-state index in [0.717, 1.165) is 48.8 Å². The predicted octanol–water partition coefficient (Wildman–Crippen LogP) is 3.03. The van der Waals surface area contributed by atoms with E-state index in [1.807, 2.05) is 16.8 Å². The molecule has 7 rings (SSSR count). The Morgan fingerprint density at radius 2 is 1.95 bits per heavy atom. The number of aliphatic hydroxyl groups is 1. The normalized spacial score (nSPS) is 28.5. The van der Waals surface area contributed by atoms with Crippen molar-refractivity contribution in [1.82, 2.24) is 9.62 Å². The Kier molecular flexibility index (Phi) is 6.02. The van der Waals surface area contributed by atoms with Crippen LogP contribution in [0.5, 0.6) is 0 Å². The van der Waals surface area contributed by atoms with Crippen LogP contribution in [0.15, 0.2) is 42.8 Å². The van der Waals surface area contributed by atoms with Gasteiger partial charge in [0.25, 0.3) is 15.9 Å². The van der Waals surface area contributed by atoms with Gasteiger partial charge in [0.15, 0.2) is 5.84 Å². The number of rotatable bonds is 6. The van der Waals surface area contributed by atoms with Crippen LogP contribution in [0.1, 0.15) is 36.8 Å². The summed E-state index contributed by atoms with van der Waals surface area (Å²) in [5, 5.41) is 20.2. The van der Waals surface area contributed by atoms with Crippen molar-refractivity contribution in [3.05, 3.63) is 44.7 Å². The summed E-state index contributed by atoms with van der Waals surface area (Å²) in [6, 6.07) is 1.84. The zero-order valence-electron chi connectivity index (χ0n) is 19.9. The zero-order valence-corrected chi connectivity index (χ0v) is 23.1. The van der Waals surface area contributed by atoms with E-state index in [2.05, 4.69) is 14.4 Å². The number of carbonyl (C=O) groups is 1. The third kappa shape index (κ3) is 4.32. The minimum Gasteiger partial charge on any atom is -0.511 e. The van der Waals surface area contributed by atoms with Crippen LogP contribution < -0.4 is 10.0 Å². The number of fused-ring (bicyclic) bond motifs is 3. The van der Waals surface area contributed by atoms with Gasteiger partial charge in [-0.1, -0.05) is 0 Å². The lowest BCUT2D eigenvalue weighted by Crippen LogP contribution is -2.60. The number of aliphatic hydroxyl groups excluding tert-OH is 1. The summed E-state index contributed by atoms with van der Waals surface area (Å²) in [4.78, 5) is 15.6. The van der Waals surface area contributed by atoms with Crippen LogP contribution in [-0.2, 0) is 37.9 Å². The lowest BCUT2D eigenvalue weighted by molar-refractivity contribution is -0.140. The Balaban J connectivity index is 1.41. The Labute approximate surface area is 223 Å². The summed E-state index contributed by atoms with van der Waals surface area (Å²) in [5.41, 5.74) is 1.16. The highest BCUT2D eigenvalue weighted by atomic mass is 32.2. The van der Waals surface area contributed by atoms with E-state index >= 15 is 0 Å². The number of nitrogens with zero attached hydrogens (tertiary/aromatic N) is 2. The van der Waals surface area contributed by atoms with Crippen LogP contribution in [0.25, 0.3) is 0 Å². The predicted molar refractivity (Wildman–Crippen MR) is 141 cm³/mol. The maximum Gasteiger partial charge on any atom is 0.287 e. The maximum absolute atomic E-state index is 14.0. The quantitative estimate of drug-likeness (QED) is 0.475. The molecule has 1 amide bonds. The molecule has 14 heteroatoms. The van der Waals surface area contributed by atoms with Gasteiger partial charge in [-0.05, 0) is 65.3 Å². The number of carbonyl (C=O) groups excluding carboxylic acids is 1. The van der Waals surface area contributed by atoms with E-state index in [-0.39, 0.29) is 57.1 Å². The molecule has 0 unspecified atom stereocenters. The van der Waals surface area contributed by atoms with Crippen LogP contribution in [0.4, 0.5) is 5.00 Å². The Hall–Kier alpha value is -2.26. The highest BCUT2D eigenvalue weighted by Gasteiger charge is 2.54. The molecular formula is C23H26N4O6S4. The highest BCUT2D eigenvalue weighted by Crippen LogP contribution is 2.52. The van der Waals surface area contributed by atoms with E-state index in [9.17, 15) is 26.7 Å². The monoisotopic (exact) mass is 582 g/mol. The number of sulfonamides is 2. The Morgan fingerprint density at radius 3 is 2.62 bits per heavy atom. The van der Waals surface area contributed by atoms with Gasteiger partial charge in [-0.25, -0.2) is 13.1 Å². The average Bonchev–Trinajstić information content (AvgIpc) is 3.50. The summed E-state index contributed by atoms with van der Waals surface area (Å²) in [7, 11) is -7.80. The third-order valence-corrected chi connectivity index (χ3v) is 11.7. The number of nitrogens with one attached hydrogen (secondary N) is 2. The number of amidine groups is 1. The van der Waals surface area contributed by atoms with Gasteiger partial charge in [-0.3, -0.25) is 4.79 Å². The molecule has 0 radical (unpaired) electrons. The standard InChI is InChI=1S/C23H26N4O6S4/c1-36(30,31)24-8-15-11-35-22-20(15)37(32,33)26-21(25-22)17-19(28)16-13-2-4-14(5-3-13)18(16)27(23(17)29)9-12-6-7-34-10-12/h6-7,10-11,13-14,16,18,24,28H,2-5,8-9H2,1H3,(H,25,26)/t13?,14?,16-,18+/m1/s1. The summed E-state index contributed by atoms with van der Waals surface area (Å²) >= 11 is 2.63. The first-order valence-corrected chi connectivity index (χ1v) is 17.1. The molecule has 2 bridgehead atoms. The second-order valence-corrected chi connectivity index (χ2v) is 15.1. The fourth-order valence-corrected chi connectivity index (χ4v) is 9.96. The molecule has 3 aliphatic carbocycles. The fourth-order valence-electron chi connectivity index (χ4n) is 6.27.